The Hall–Kier alpha value is -3.85. The number of rotatable bonds is 5. The topological polar surface area (TPSA) is 124 Å². The summed E-state index contributed by atoms with van der Waals surface area (Å²) in [5.41, 5.74) is 9.29. The number of nitrogens with one attached hydrogen (secondary N) is 4. The van der Waals surface area contributed by atoms with Crippen LogP contribution in [-0.4, -0.2) is 18.1 Å². The molecule has 3 aromatic rings. The average Bonchev–Trinajstić information content (AvgIpc) is 3.26. The first-order valence-corrected chi connectivity index (χ1v) is 7.99. The molecule has 27 heavy (non-hydrogen) atoms. The summed E-state index contributed by atoms with van der Waals surface area (Å²) in [6, 6.07) is 12.9. The highest BCUT2D eigenvalue weighted by molar-refractivity contribution is 6.01. The lowest BCUT2D eigenvalue weighted by molar-refractivity contribution is 0.415. The van der Waals surface area contributed by atoms with E-state index in [0.717, 1.165) is 11.1 Å². The van der Waals surface area contributed by atoms with Crippen molar-refractivity contribution >= 4 is 17.2 Å². The number of nitrogens with zero attached hydrogens (tertiary/aromatic N) is 1. The fourth-order valence-electron chi connectivity index (χ4n) is 2.78. The van der Waals surface area contributed by atoms with Gasteiger partial charge in [-0.3, -0.25) is 15.0 Å². The van der Waals surface area contributed by atoms with Crippen LogP contribution in [0.1, 0.15) is 5.56 Å². The molecule has 0 radical (unpaired) electrons. The molecule has 0 atom stereocenters. The summed E-state index contributed by atoms with van der Waals surface area (Å²) in [5, 5.41) is 16.5. The molecule has 1 aliphatic rings. The molecule has 9 nitrogen and oxygen atoms in total. The van der Waals surface area contributed by atoms with Crippen LogP contribution in [0.3, 0.4) is 0 Å². The number of ether oxygens (including phenoxy) is 1. The second-order valence-electron chi connectivity index (χ2n) is 5.86. The minimum absolute atomic E-state index is 0.119. The Morgan fingerprint density at radius 1 is 1.04 bits per heavy atom. The van der Waals surface area contributed by atoms with E-state index in [9.17, 15) is 14.7 Å². The Bertz CT molecular complexity index is 1130. The molecule has 0 aliphatic carbocycles. The van der Waals surface area contributed by atoms with Gasteiger partial charge in [0.15, 0.2) is 11.6 Å². The number of hydrazine groups is 2. The summed E-state index contributed by atoms with van der Waals surface area (Å²) in [5.74, 6) is 0.678. The second kappa shape index (κ2) is 6.46. The minimum Gasteiger partial charge on any atom is -0.502 e. The highest BCUT2D eigenvalue weighted by atomic mass is 16.5. The molecule has 0 aromatic heterocycles. The predicted octanol–water partition coefficient (Wildman–Crippen LogP) is 0.681. The molecule has 0 fully saturated rings. The number of aromatic hydroxyl groups is 1. The smallest absolute Gasteiger partial charge is 0.271 e. The lowest BCUT2D eigenvalue weighted by Gasteiger charge is -2.13. The van der Waals surface area contributed by atoms with Crippen LogP contribution in [-0.2, 0) is 0 Å². The van der Waals surface area contributed by atoms with E-state index in [1.165, 1.54) is 0 Å². The third kappa shape index (κ3) is 2.96. The van der Waals surface area contributed by atoms with Crippen molar-refractivity contribution in [2.24, 2.45) is 5.10 Å². The molecule has 0 spiro atoms. The van der Waals surface area contributed by atoms with E-state index in [-0.39, 0.29) is 5.69 Å². The Balaban J connectivity index is 1.79. The molecular weight excluding hydrogens is 350 g/mol. The van der Waals surface area contributed by atoms with Crippen molar-refractivity contribution in [1.29, 1.82) is 0 Å². The van der Waals surface area contributed by atoms with E-state index in [2.05, 4.69) is 26.9 Å². The molecule has 5 N–H and O–H groups in total. The summed E-state index contributed by atoms with van der Waals surface area (Å²) in [6.45, 7) is 0. The van der Waals surface area contributed by atoms with E-state index in [1.807, 2.05) is 30.3 Å². The molecule has 0 saturated carbocycles. The zero-order valence-corrected chi connectivity index (χ0v) is 14.2. The molecule has 136 valence electrons. The largest absolute Gasteiger partial charge is 0.502 e. The summed E-state index contributed by atoms with van der Waals surface area (Å²) >= 11 is 0. The van der Waals surface area contributed by atoms with Crippen molar-refractivity contribution in [3.63, 3.8) is 0 Å². The molecule has 9 heteroatoms. The molecule has 0 amide bonds. The van der Waals surface area contributed by atoms with Crippen molar-refractivity contribution in [3.8, 4) is 22.6 Å². The van der Waals surface area contributed by atoms with Crippen LogP contribution in [0.5, 0.6) is 11.5 Å². The van der Waals surface area contributed by atoms with Gasteiger partial charge in [0.2, 0.25) is 0 Å². The van der Waals surface area contributed by atoms with Gasteiger partial charge in [-0.2, -0.15) is 0 Å². The fraction of sp³-hybridized carbons (Fsp3) is 0.0556. The van der Waals surface area contributed by atoms with Gasteiger partial charge in [-0.25, -0.2) is 5.53 Å². The number of amidine groups is 1. The zero-order valence-electron chi connectivity index (χ0n) is 14.2. The fourth-order valence-corrected chi connectivity index (χ4v) is 2.78. The average molecular weight is 365 g/mol. The van der Waals surface area contributed by atoms with Gasteiger partial charge in [0.1, 0.15) is 11.4 Å². The van der Waals surface area contributed by atoms with Crippen LogP contribution in [0, 0.1) is 0 Å². The predicted molar refractivity (Wildman–Crippen MR) is 101 cm³/mol. The molecule has 0 bridgehead atoms. The number of anilines is 2. The van der Waals surface area contributed by atoms with E-state index in [0.29, 0.717) is 22.8 Å². The number of methoxy groups -OCH3 is 1. The highest BCUT2D eigenvalue weighted by Gasteiger charge is 2.21. The highest BCUT2D eigenvalue weighted by Crippen LogP contribution is 2.30. The second-order valence-corrected chi connectivity index (χ2v) is 5.86. The lowest BCUT2D eigenvalue weighted by atomic mass is 10.0. The molecule has 1 heterocycles. The Kier molecular flexibility index (Phi) is 3.98. The number of hydrogen-bond acceptors (Lipinski definition) is 9. The number of hydrogen-bond donors (Lipinski definition) is 5. The maximum atomic E-state index is 11.7. The summed E-state index contributed by atoms with van der Waals surface area (Å²) in [6.07, 6.45) is 0. The van der Waals surface area contributed by atoms with Crippen LogP contribution >= 0.6 is 0 Å². The van der Waals surface area contributed by atoms with Gasteiger partial charge < -0.3 is 15.2 Å². The van der Waals surface area contributed by atoms with E-state index < -0.39 is 16.6 Å². The van der Waals surface area contributed by atoms with Crippen molar-refractivity contribution in [3.05, 3.63) is 68.5 Å². The van der Waals surface area contributed by atoms with Crippen molar-refractivity contribution < 1.29 is 9.84 Å². The zero-order chi connectivity index (χ0) is 19.0. The molecule has 3 aromatic carbocycles. The molecule has 1 aliphatic heterocycles. The maximum Gasteiger partial charge on any atom is 0.271 e. The quantitative estimate of drug-likeness (QED) is 0.418. The van der Waals surface area contributed by atoms with E-state index in [1.54, 1.807) is 19.2 Å². The van der Waals surface area contributed by atoms with Crippen molar-refractivity contribution in [2.75, 3.05) is 12.4 Å². The monoisotopic (exact) mass is 365 g/mol. The normalized spacial score (nSPS) is 13.0. The van der Waals surface area contributed by atoms with Gasteiger partial charge in [0.05, 0.1) is 7.11 Å². The van der Waals surface area contributed by atoms with Crippen LogP contribution < -0.4 is 37.4 Å². The minimum atomic E-state index is -0.892. The van der Waals surface area contributed by atoms with Crippen molar-refractivity contribution in [1.82, 2.24) is 16.5 Å². The first kappa shape index (κ1) is 16.6. The molecule has 0 unspecified atom stereocenters. The first-order chi connectivity index (χ1) is 13.1. The molecule has 4 rings (SSSR count). The van der Waals surface area contributed by atoms with Crippen LogP contribution in [0.4, 0.5) is 11.4 Å². The van der Waals surface area contributed by atoms with Crippen LogP contribution in [0.2, 0.25) is 0 Å². The Morgan fingerprint density at radius 3 is 2.56 bits per heavy atom. The van der Waals surface area contributed by atoms with Gasteiger partial charge in [0.25, 0.3) is 10.9 Å². The first-order valence-electron chi connectivity index (χ1n) is 7.99. The van der Waals surface area contributed by atoms with Gasteiger partial charge in [-0.1, -0.05) is 12.1 Å². The van der Waals surface area contributed by atoms with Crippen molar-refractivity contribution in [2.45, 2.75) is 0 Å². The Morgan fingerprint density at radius 2 is 1.85 bits per heavy atom. The summed E-state index contributed by atoms with van der Waals surface area (Å²) < 4.78 is 5.27. The number of hydrazone groups is 1. The van der Waals surface area contributed by atoms with E-state index >= 15 is 0 Å². The third-order valence-corrected chi connectivity index (χ3v) is 4.17. The van der Waals surface area contributed by atoms with Crippen LogP contribution in [0.15, 0.2) is 57.2 Å². The summed E-state index contributed by atoms with van der Waals surface area (Å²) in [7, 11) is 1.59. The van der Waals surface area contributed by atoms with E-state index in [4.69, 9.17) is 4.74 Å². The van der Waals surface area contributed by atoms with Gasteiger partial charge in [-0.05, 0) is 41.5 Å². The van der Waals surface area contributed by atoms with Gasteiger partial charge in [-0.15, -0.1) is 10.6 Å². The maximum absolute atomic E-state index is 11.7. The standard InChI is InChI=1S/C18H15N5O4/c1-27-13-4-2-3-9(8-13)10-5-11(18-20-22-23-21-18)7-12(6-10)19-14-15(24)17(26)16(14)25/h2-8,19,22-24H,1H3,(H,20,21). The van der Waals surface area contributed by atoms with Crippen LogP contribution in [0.25, 0.3) is 11.1 Å². The number of benzene rings is 2. The van der Waals surface area contributed by atoms with Gasteiger partial charge in [0, 0.05) is 11.3 Å². The lowest BCUT2D eigenvalue weighted by Crippen LogP contribution is -2.35. The SMILES string of the molecule is COc1cccc(-c2cc(Nc3c(O)c(=O)c3=O)cc(C3=NNNN3)c2)c1. The third-order valence-electron chi connectivity index (χ3n) is 4.17. The Labute approximate surface area is 152 Å². The summed E-state index contributed by atoms with van der Waals surface area (Å²) in [4.78, 5) is 22.9. The van der Waals surface area contributed by atoms with Gasteiger partial charge >= 0.3 is 0 Å². The molecular formula is C18H15N5O4. The molecule has 0 saturated heterocycles.